The Bertz CT molecular complexity index is 390. The fraction of sp³-hybridized carbons (Fsp3) is 0.533. The topological polar surface area (TPSA) is 29.5 Å². The van der Waals surface area contributed by atoms with Crippen molar-refractivity contribution in [2.45, 2.75) is 13.8 Å². The van der Waals surface area contributed by atoms with Crippen molar-refractivity contribution >= 4 is 5.78 Å². The predicted molar refractivity (Wildman–Crippen MR) is 73.9 cm³/mol. The average molecular weight is 267 g/mol. The van der Waals surface area contributed by atoms with Crippen molar-refractivity contribution in [2.75, 3.05) is 33.4 Å². The summed E-state index contributed by atoms with van der Waals surface area (Å²) in [5, 5.41) is 0. The van der Waals surface area contributed by atoms with E-state index in [1.165, 1.54) is 24.3 Å². The van der Waals surface area contributed by atoms with Gasteiger partial charge in [0.15, 0.2) is 5.78 Å². The third kappa shape index (κ3) is 5.94. The molecule has 0 heterocycles. The number of methoxy groups -OCH3 is 1. The van der Waals surface area contributed by atoms with Gasteiger partial charge in [-0.25, -0.2) is 4.39 Å². The van der Waals surface area contributed by atoms with Crippen molar-refractivity contribution in [3.05, 3.63) is 35.6 Å². The lowest BCUT2D eigenvalue weighted by Gasteiger charge is -2.23. The van der Waals surface area contributed by atoms with Crippen LogP contribution in [0, 0.1) is 11.7 Å². The van der Waals surface area contributed by atoms with Crippen LogP contribution in [0.3, 0.4) is 0 Å². The van der Waals surface area contributed by atoms with E-state index in [1.807, 2.05) is 0 Å². The van der Waals surface area contributed by atoms with E-state index in [0.717, 1.165) is 13.1 Å². The summed E-state index contributed by atoms with van der Waals surface area (Å²) in [6, 6.07) is 5.69. The van der Waals surface area contributed by atoms with Gasteiger partial charge in [-0.1, -0.05) is 13.8 Å². The van der Waals surface area contributed by atoms with Crippen LogP contribution in [0.4, 0.5) is 4.39 Å². The van der Waals surface area contributed by atoms with Gasteiger partial charge in [0.05, 0.1) is 13.2 Å². The van der Waals surface area contributed by atoms with E-state index in [2.05, 4.69) is 18.7 Å². The summed E-state index contributed by atoms with van der Waals surface area (Å²) in [5.41, 5.74) is 0.549. The number of hydrogen-bond donors (Lipinski definition) is 0. The van der Waals surface area contributed by atoms with E-state index in [9.17, 15) is 9.18 Å². The molecule has 1 aromatic rings. The minimum atomic E-state index is -0.324. The number of carbonyl (C=O) groups is 1. The number of hydrogen-bond acceptors (Lipinski definition) is 3. The molecule has 19 heavy (non-hydrogen) atoms. The van der Waals surface area contributed by atoms with Gasteiger partial charge < -0.3 is 4.74 Å². The zero-order valence-electron chi connectivity index (χ0n) is 11.9. The van der Waals surface area contributed by atoms with E-state index in [1.54, 1.807) is 7.11 Å². The first-order valence-corrected chi connectivity index (χ1v) is 6.53. The molecule has 0 aromatic heterocycles. The van der Waals surface area contributed by atoms with Crippen LogP contribution >= 0.6 is 0 Å². The fourth-order valence-electron chi connectivity index (χ4n) is 1.90. The van der Waals surface area contributed by atoms with Gasteiger partial charge in [-0.2, -0.15) is 0 Å². The predicted octanol–water partition coefficient (Wildman–Crippen LogP) is 2.61. The molecule has 0 saturated heterocycles. The molecule has 0 aliphatic rings. The first-order chi connectivity index (χ1) is 9.02. The largest absolute Gasteiger partial charge is 0.383 e. The van der Waals surface area contributed by atoms with Gasteiger partial charge in [-0.3, -0.25) is 9.69 Å². The van der Waals surface area contributed by atoms with Crippen LogP contribution in [0.5, 0.6) is 0 Å². The Kier molecular flexibility index (Phi) is 6.67. The zero-order chi connectivity index (χ0) is 14.3. The molecule has 1 rings (SSSR count). The number of Topliss-reactive ketones (excluding diaryl/α,β-unsaturated/α-hetero) is 1. The molecule has 4 heteroatoms. The number of halogens is 1. The van der Waals surface area contributed by atoms with E-state index < -0.39 is 0 Å². The van der Waals surface area contributed by atoms with Crippen LogP contribution in [0.2, 0.25) is 0 Å². The highest BCUT2D eigenvalue weighted by Crippen LogP contribution is 2.06. The van der Waals surface area contributed by atoms with Gasteiger partial charge in [-0.05, 0) is 30.2 Å². The fourth-order valence-corrected chi connectivity index (χ4v) is 1.90. The van der Waals surface area contributed by atoms with Crippen LogP contribution in [0.25, 0.3) is 0 Å². The van der Waals surface area contributed by atoms with Gasteiger partial charge in [0.1, 0.15) is 5.82 Å². The molecule has 0 fully saturated rings. The molecule has 0 bridgehead atoms. The maximum Gasteiger partial charge on any atom is 0.176 e. The summed E-state index contributed by atoms with van der Waals surface area (Å²) in [6.07, 6.45) is 0. The van der Waals surface area contributed by atoms with Gasteiger partial charge in [-0.15, -0.1) is 0 Å². The normalized spacial score (nSPS) is 11.3. The summed E-state index contributed by atoms with van der Waals surface area (Å²) < 4.78 is 17.9. The lowest BCUT2D eigenvalue weighted by Crippen LogP contribution is -2.35. The molecule has 0 unspecified atom stereocenters. The van der Waals surface area contributed by atoms with Gasteiger partial charge in [0, 0.05) is 25.8 Å². The Morgan fingerprint density at radius 3 is 2.47 bits per heavy atom. The number of carbonyl (C=O) groups excluding carboxylic acids is 1. The van der Waals surface area contributed by atoms with E-state index in [-0.39, 0.29) is 11.6 Å². The summed E-state index contributed by atoms with van der Waals surface area (Å²) in [7, 11) is 1.65. The molecule has 0 spiro atoms. The molecule has 0 aliphatic heterocycles. The van der Waals surface area contributed by atoms with Gasteiger partial charge >= 0.3 is 0 Å². The quantitative estimate of drug-likeness (QED) is 0.678. The highest BCUT2D eigenvalue weighted by Gasteiger charge is 2.13. The van der Waals surface area contributed by atoms with Crippen molar-refractivity contribution in [2.24, 2.45) is 5.92 Å². The number of ether oxygens (including phenoxy) is 1. The highest BCUT2D eigenvalue weighted by molar-refractivity contribution is 5.97. The molecule has 0 atom stereocenters. The minimum Gasteiger partial charge on any atom is -0.383 e. The Labute approximate surface area is 114 Å². The molecule has 0 saturated carbocycles. The SMILES string of the molecule is COCCN(CC(=O)c1ccc(F)cc1)CC(C)C. The highest BCUT2D eigenvalue weighted by atomic mass is 19.1. The van der Waals surface area contributed by atoms with Crippen LogP contribution in [-0.4, -0.2) is 44.0 Å². The summed E-state index contributed by atoms with van der Waals surface area (Å²) in [4.78, 5) is 14.2. The molecular weight excluding hydrogens is 245 g/mol. The van der Waals surface area contributed by atoms with Crippen LogP contribution < -0.4 is 0 Å². The third-order valence-electron chi connectivity index (χ3n) is 2.77. The lowest BCUT2D eigenvalue weighted by molar-refractivity contribution is 0.0881. The second-order valence-electron chi connectivity index (χ2n) is 5.05. The van der Waals surface area contributed by atoms with Gasteiger partial charge in [0.2, 0.25) is 0 Å². The first-order valence-electron chi connectivity index (χ1n) is 6.53. The van der Waals surface area contributed by atoms with Crippen molar-refractivity contribution in [1.82, 2.24) is 4.90 Å². The van der Waals surface area contributed by atoms with Crippen LogP contribution in [-0.2, 0) is 4.74 Å². The zero-order valence-corrected chi connectivity index (χ0v) is 11.9. The Morgan fingerprint density at radius 1 is 1.32 bits per heavy atom. The minimum absolute atomic E-state index is 0.0109. The molecular formula is C15H22FNO2. The van der Waals surface area contributed by atoms with Crippen LogP contribution in [0.1, 0.15) is 24.2 Å². The molecule has 0 radical (unpaired) electrons. The first kappa shape index (κ1) is 15.8. The lowest BCUT2D eigenvalue weighted by atomic mass is 10.1. The van der Waals surface area contributed by atoms with Crippen molar-refractivity contribution in [3.8, 4) is 0 Å². The number of rotatable bonds is 8. The summed E-state index contributed by atoms with van der Waals surface area (Å²) >= 11 is 0. The monoisotopic (exact) mass is 267 g/mol. The maximum absolute atomic E-state index is 12.8. The molecule has 0 aliphatic carbocycles. The van der Waals surface area contributed by atoms with Crippen molar-refractivity contribution < 1.29 is 13.9 Å². The van der Waals surface area contributed by atoms with E-state index in [0.29, 0.717) is 24.6 Å². The summed E-state index contributed by atoms with van der Waals surface area (Å²) in [5.74, 6) is 0.171. The van der Waals surface area contributed by atoms with Gasteiger partial charge in [0.25, 0.3) is 0 Å². The smallest absolute Gasteiger partial charge is 0.176 e. The number of nitrogens with zero attached hydrogens (tertiary/aromatic N) is 1. The van der Waals surface area contributed by atoms with E-state index in [4.69, 9.17) is 4.74 Å². The molecule has 0 N–H and O–H groups in total. The second-order valence-corrected chi connectivity index (χ2v) is 5.05. The Morgan fingerprint density at radius 2 is 1.95 bits per heavy atom. The van der Waals surface area contributed by atoms with E-state index >= 15 is 0 Å². The maximum atomic E-state index is 12.8. The molecule has 0 amide bonds. The Hall–Kier alpha value is -1.26. The molecule has 106 valence electrons. The second kappa shape index (κ2) is 8.02. The summed E-state index contributed by atoms with van der Waals surface area (Å²) in [6.45, 7) is 6.73. The molecule has 3 nitrogen and oxygen atoms in total. The van der Waals surface area contributed by atoms with Crippen molar-refractivity contribution in [3.63, 3.8) is 0 Å². The molecule has 1 aromatic carbocycles. The van der Waals surface area contributed by atoms with Crippen LogP contribution in [0.15, 0.2) is 24.3 Å². The number of ketones is 1. The number of benzene rings is 1. The van der Waals surface area contributed by atoms with Crippen molar-refractivity contribution in [1.29, 1.82) is 0 Å². The average Bonchev–Trinajstić information content (AvgIpc) is 2.36. The third-order valence-corrected chi connectivity index (χ3v) is 2.77. The standard InChI is InChI=1S/C15H22FNO2/c1-12(2)10-17(8-9-19-3)11-15(18)13-4-6-14(16)7-5-13/h4-7,12H,8-11H2,1-3H3. The Balaban J connectivity index is 2.61.